The molecule has 0 radical (unpaired) electrons. The topological polar surface area (TPSA) is 73.3 Å². The van der Waals surface area contributed by atoms with Crippen molar-refractivity contribution in [3.05, 3.63) is 11.3 Å². The normalized spacial score (nSPS) is 11.0. The Hall–Kier alpha value is -1.83. The van der Waals surface area contributed by atoms with E-state index in [2.05, 4.69) is 4.74 Å². The van der Waals surface area contributed by atoms with Crippen LogP contribution in [-0.4, -0.2) is 42.6 Å². The van der Waals surface area contributed by atoms with E-state index in [1.165, 1.54) is 10.8 Å². The van der Waals surface area contributed by atoms with Crippen molar-refractivity contribution >= 4 is 12.2 Å². The smallest absolute Gasteiger partial charge is 0.352 e. The van der Waals surface area contributed by atoms with Crippen LogP contribution in [0.5, 0.6) is 0 Å². The number of rotatable bonds is 3. The van der Waals surface area contributed by atoms with Gasteiger partial charge in [0.15, 0.2) is 5.57 Å². The molecule has 0 saturated carbocycles. The SMILES string of the molecule is CCOC(=O)/C(C#N)=C(/O)C=[N+](C)C. The first-order valence-electron chi connectivity index (χ1n) is 4.04. The molecule has 1 N–H and O–H groups in total. The van der Waals surface area contributed by atoms with Crippen LogP contribution in [0.25, 0.3) is 0 Å². The van der Waals surface area contributed by atoms with Gasteiger partial charge in [-0.1, -0.05) is 0 Å². The Morgan fingerprint density at radius 3 is 2.57 bits per heavy atom. The number of carbonyl (C=O) groups excluding carboxylic acids is 1. The lowest BCUT2D eigenvalue weighted by Gasteiger charge is -1.99. The summed E-state index contributed by atoms with van der Waals surface area (Å²) in [5.41, 5.74) is -0.388. The van der Waals surface area contributed by atoms with Crippen LogP contribution in [0, 0.1) is 11.3 Å². The van der Waals surface area contributed by atoms with Gasteiger partial charge in [0.1, 0.15) is 20.2 Å². The lowest BCUT2D eigenvalue weighted by atomic mass is 10.2. The summed E-state index contributed by atoms with van der Waals surface area (Å²) in [6, 6.07) is 1.59. The summed E-state index contributed by atoms with van der Waals surface area (Å²) in [4.78, 5) is 11.1. The van der Waals surface area contributed by atoms with Crippen molar-refractivity contribution in [3.8, 4) is 6.07 Å². The van der Waals surface area contributed by atoms with Gasteiger partial charge in [-0.15, -0.1) is 0 Å². The summed E-state index contributed by atoms with van der Waals surface area (Å²) < 4.78 is 6.10. The molecular weight excluding hydrogens is 184 g/mol. The quantitative estimate of drug-likeness (QED) is 0.175. The van der Waals surface area contributed by atoms with E-state index in [4.69, 9.17) is 5.26 Å². The van der Waals surface area contributed by atoms with Gasteiger partial charge in [0.25, 0.3) is 0 Å². The first-order valence-corrected chi connectivity index (χ1v) is 4.04. The zero-order valence-electron chi connectivity index (χ0n) is 8.44. The highest BCUT2D eigenvalue weighted by Gasteiger charge is 2.16. The Labute approximate surface area is 82.5 Å². The summed E-state index contributed by atoms with van der Waals surface area (Å²) in [5, 5.41) is 17.9. The molecule has 0 saturated heterocycles. The first-order chi connectivity index (χ1) is 6.52. The Kier molecular flexibility index (Phi) is 5.00. The standard InChI is InChI=1S/C9H12N2O3/c1-4-14-9(13)7(5-10)8(12)6-11(2)3/h6H,4H2,1-3H3/p+1. The van der Waals surface area contributed by atoms with E-state index in [9.17, 15) is 9.90 Å². The molecule has 5 nitrogen and oxygen atoms in total. The van der Waals surface area contributed by atoms with Gasteiger partial charge in [0.05, 0.1) is 6.61 Å². The average molecular weight is 197 g/mol. The Bertz CT molecular complexity index is 319. The predicted molar refractivity (Wildman–Crippen MR) is 50.1 cm³/mol. The molecule has 0 aromatic heterocycles. The molecule has 0 bridgehead atoms. The van der Waals surface area contributed by atoms with Gasteiger partial charge in [0, 0.05) is 0 Å². The molecule has 0 fully saturated rings. The van der Waals surface area contributed by atoms with E-state index < -0.39 is 11.7 Å². The number of hydrogen-bond donors (Lipinski definition) is 1. The number of esters is 1. The molecule has 5 heteroatoms. The number of nitrogens with zero attached hydrogens (tertiary/aromatic N) is 2. The molecule has 0 aliphatic heterocycles. The molecule has 0 heterocycles. The van der Waals surface area contributed by atoms with Gasteiger partial charge in [-0.3, -0.25) is 0 Å². The lowest BCUT2D eigenvalue weighted by molar-refractivity contribution is -0.459. The summed E-state index contributed by atoms with van der Waals surface area (Å²) in [7, 11) is 3.33. The summed E-state index contributed by atoms with van der Waals surface area (Å²) in [6.45, 7) is 1.79. The van der Waals surface area contributed by atoms with Crippen LogP contribution in [0.15, 0.2) is 11.3 Å². The third-order valence-corrected chi connectivity index (χ3v) is 1.23. The summed E-state index contributed by atoms with van der Waals surface area (Å²) >= 11 is 0. The third-order valence-electron chi connectivity index (χ3n) is 1.23. The van der Waals surface area contributed by atoms with Gasteiger partial charge in [-0.25, -0.2) is 9.37 Å². The van der Waals surface area contributed by atoms with Crippen LogP contribution < -0.4 is 0 Å². The van der Waals surface area contributed by atoms with Gasteiger partial charge >= 0.3 is 5.97 Å². The Balaban J connectivity index is 4.97. The molecule has 0 atom stereocenters. The number of nitriles is 1. The fourth-order valence-corrected chi connectivity index (χ4v) is 0.720. The fourth-order valence-electron chi connectivity index (χ4n) is 0.720. The third kappa shape index (κ3) is 3.72. The van der Waals surface area contributed by atoms with E-state index in [1.54, 1.807) is 27.1 Å². The van der Waals surface area contributed by atoms with Crippen molar-refractivity contribution in [1.82, 2.24) is 0 Å². The molecule has 76 valence electrons. The summed E-state index contributed by atoms with van der Waals surface area (Å²) in [6.07, 6.45) is 1.26. The minimum absolute atomic E-state index is 0.166. The molecule has 0 amide bonds. The highest BCUT2D eigenvalue weighted by molar-refractivity contribution is 5.98. The van der Waals surface area contributed by atoms with E-state index in [0.29, 0.717) is 0 Å². The highest BCUT2D eigenvalue weighted by atomic mass is 16.5. The largest absolute Gasteiger partial charge is 0.502 e. The van der Waals surface area contributed by atoms with Crippen LogP contribution in [0.2, 0.25) is 0 Å². The predicted octanol–water partition coefficient (Wildman–Crippen LogP) is 0.228. The van der Waals surface area contributed by atoms with E-state index in [0.717, 1.165) is 0 Å². The van der Waals surface area contributed by atoms with E-state index >= 15 is 0 Å². The highest BCUT2D eigenvalue weighted by Crippen LogP contribution is 2.01. The van der Waals surface area contributed by atoms with Crippen LogP contribution in [0.3, 0.4) is 0 Å². The maximum absolute atomic E-state index is 11.1. The number of aliphatic hydroxyl groups excluding tert-OH is 1. The van der Waals surface area contributed by atoms with Crippen molar-refractivity contribution in [2.24, 2.45) is 0 Å². The van der Waals surface area contributed by atoms with Crippen LogP contribution in [0.1, 0.15) is 6.92 Å². The second kappa shape index (κ2) is 5.75. The second-order valence-electron chi connectivity index (χ2n) is 2.69. The van der Waals surface area contributed by atoms with Crippen molar-refractivity contribution in [3.63, 3.8) is 0 Å². The molecule has 0 rings (SSSR count). The van der Waals surface area contributed by atoms with Crippen LogP contribution in [-0.2, 0) is 9.53 Å². The maximum Gasteiger partial charge on any atom is 0.352 e. The molecule has 0 aromatic rings. The van der Waals surface area contributed by atoms with Gasteiger partial charge in [0.2, 0.25) is 12.0 Å². The Morgan fingerprint density at radius 1 is 1.64 bits per heavy atom. The number of carbonyl (C=O) groups is 1. The monoisotopic (exact) mass is 197 g/mol. The van der Waals surface area contributed by atoms with Crippen molar-refractivity contribution < 1.29 is 19.2 Å². The second-order valence-corrected chi connectivity index (χ2v) is 2.69. The molecule has 0 unspecified atom stereocenters. The van der Waals surface area contributed by atoms with Crippen molar-refractivity contribution in [2.45, 2.75) is 6.92 Å². The van der Waals surface area contributed by atoms with Crippen LogP contribution >= 0.6 is 0 Å². The number of aliphatic hydroxyl groups is 1. The minimum atomic E-state index is -0.814. The fraction of sp³-hybridized carbons (Fsp3) is 0.444. The maximum atomic E-state index is 11.1. The van der Waals surface area contributed by atoms with E-state index in [-0.39, 0.29) is 12.2 Å². The van der Waals surface area contributed by atoms with Crippen molar-refractivity contribution in [2.75, 3.05) is 20.7 Å². The average Bonchev–Trinajstić information content (AvgIpc) is 2.04. The van der Waals surface area contributed by atoms with Crippen LogP contribution in [0.4, 0.5) is 0 Å². The van der Waals surface area contributed by atoms with E-state index in [1.807, 2.05) is 0 Å². The number of hydrogen-bond acceptors (Lipinski definition) is 4. The molecule has 0 aliphatic rings. The molecule has 0 aliphatic carbocycles. The summed E-state index contributed by atoms with van der Waals surface area (Å²) in [5.74, 6) is -1.21. The number of allylic oxidation sites excluding steroid dienone is 1. The zero-order chi connectivity index (χ0) is 11.1. The molecule has 0 aromatic carbocycles. The Morgan fingerprint density at radius 2 is 2.21 bits per heavy atom. The van der Waals surface area contributed by atoms with Gasteiger partial charge in [-0.05, 0) is 6.92 Å². The lowest BCUT2D eigenvalue weighted by Crippen LogP contribution is -2.11. The molecule has 0 spiro atoms. The van der Waals surface area contributed by atoms with Crippen molar-refractivity contribution in [1.29, 1.82) is 5.26 Å². The van der Waals surface area contributed by atoms with Gasteiger partial charge < -0.3 is 9.84 Å². The minimum Gasteiger partial charge on any atom is -0.502 e. The number of ether oxygens (including phenoxy) is 1. The first kappa shape index (κ1) is 12.2. The molecular formula is C9H13N2O3+. The van der Waals surface area contributed by atoms with Gasteiger partial charge in [-0.2, -0.15) is 5.26 Å². The molecule has 14 heavy (non-hydrogen) atoms. The zero-order valence-corrected chi connectivity index (χ0v) is 8.44.